The summed E-state index contributed by atoms with van der Waals surface area (Å²) in [5.41, 5.74) is 5.81. The molecule has 0 aliphatic carbocycles. The number of hydrogen-bond acceptors (Lipinski definition) is 6. The lowest BCUT2D eigenvalue weighted by Crippen LogP contribution is -2.21. The van der Waals surface area contributed by atoms with Crippen LogP contribution in [0.25, 0.3) is 44.8 Å². The van der Waals surface area contributed by atoms with E-state index in [2.05, 4.69) is 10.6 Å². The van der Waals surface area contributed by atoms with Crippen molar-refractivity contribution in [1.29, 1.82) is 0 Å². The number of aryl methyl sites for hydroxylation is 2. The molecular weight excluding hydrogens is 636 g/mol. The number of nitrogens with one attached hydrogen (secondary N) is 2. The van der Waals surface area contributed by atoms with Crippen LogP contribution in [0, 0.1) is 0 Å². The molecule has 12 nitrogen and oxygen atoms in total. The minimum atomic E-state index is -0.426. The van der Waals surface area contributed by atoms with E-state index < -0.39 is 11.8 Å². The molecule has 0 radical (unpaired) electrons. The van der Waals surface area contributed by atoms with Crippen molar-refractivity contribution < 1.29 is 19.1 Å². The fourth-order valence-electron chi connectivity index (χ4n) is 6.81. The first-order chi connectivity index (χ1) is 24.2. The molecule has 2 aromatic heterocycles. The number of fused-ring (bicyclic) bond motifs is 3. The molecule has 2 aliphatic heterocycles. The summed E-state index contributed by atoms with van der Waals surface area (Å²) in [6.07, 6.45) is 0. The predicted octanol–water partition coefficient (Wildman–Crippen LogP) is 4.15. The molecule has 0 saturated heterocycles. The lowest BCUT2D eigenvalue weighted by atomic mass is 10.0. The summed E-state index contributed by atoms with van der Waals surface area (Å²) >= 11 is 0. The maximum atomic E-state index is 13.5. The Kier molecular flexibility index (Phi) is 7.10. The third-order valence-corrected chi connectivity index (χ3v) is 9.18. The van der Waals surface area contributed by atoms with Crippen molar-refractivity contribution in [1.82, 2.24) is 28.9 Å². The van der Waals surface area contributed by atoms with Crippen molar-refractivity contribution in [2.24, 2.45) is 14.1 Å². The molecule has 8 rings (SSSR count). The van der Waals surface area contributed by atoms with Crippen molar-refractivity contribution >= 4 is 45.3 Å². The Morgan fingerprint density at radius 3 is 1.26 bits per heavy atom. The SMILES string of the molecule is CCOc1ccc(-n2c(=O)n(C)c3cc(C4=C5C(=O)NC(c6ccc7c(c6)n(C)c(=O)n7-c6ccc(OCC)cc6)=C5C(=O)N4)ccc32)cc1. The fourth-order valence-corrected chi connectivity index (χ4v) is 6.81. The summed E-state index contributed by atoms with van der Waals surface area (Å²) in [4.78, 5) is 53.8. The topological polar surface area (TPSA) is 131 Å². The van der Waals surface area contributed by atoms with Gasteiger partial charge in [0.1, 0.15) is 11.5 Å². The second-order valence-electron chi connectivity index (χ2n) is 12.0. The van der Waals surface area contributed by atoms with E-state index in [0.717, 1.165) is 0 Å². The van der Waals surface area contributed by atoms with Crippen molar-refractivity contribution in [2.75, 3.05) is 13.2 Å². The number of carbonyl (C=O) groups is 2. The van der Waals surface area contributed by atoms with Gasteiger partial charge in [0.05, 0.1) is 69.2 Å². The number of imidazole rings is 2. The van der Waals surface area contributed by atoms with E-state index >= 15 is 0 Å². The number of rotatable bonds is 8. The third-order valence-electron chi connectivity index (χ3n) is 9.18. The molecular formula is C38H32N6O6. The Hall–Kier alpha value is -6.56. The number of benzene rings is 4. The van der Waals surface area contributed by atoms with E-state index in [9.17, 15) is 19.2 Å². The van der Waals surface area contributed by atoms with Gasteiger partial charge in [-0.3, -0.25) is 27.9 Å². The van der Waals surface area contributed by atoms with Crippen LogP contribution in [-0.4, -0.2) is 43.3 Å². The zero-order valence-corrected chi connectivity index (χ0v) is 27.7. The van der Waals surface area contributed by atoms with E-state index in [0.29, 0.717) is 80.7 Å². The van der Waals surface area contributed by atoms with E-state index in [-0.39, 0.29) is 22.5 Å². The van der Waals surface area contributed by atoms with Gasteiger partial charge in [-0.05, 0) is 86.6 Å². The minimum Gasteiger partial charge on any atom is -0.494 e. The summed E-state index contributed by atoms with van der Waals surface area (Å²) in [7, 11) is 3.37. The Morgan fingerprint density at radius 1 is 0.520 bits per heavy atom. The minimum absolute atomic E-state index is 0.223. The Labute approximate surface area is 285 Å². The van der Waals surface area contributed by atoms with Gasteiger partial charge in [-0.2, -0.15) is 0 Å². The Bertz CT molecular complexity index is 2420. The molecule has 4 aromatic carbocycles. The highest BCUT2D eigenvalue weighted by Crippen LogP contribution is 2.38. The number of carbonyl (C=O) groups excluding carboxylic acids is 2. The number of hydrogen-bond donors (Lipinski definition) is 2. The molecule has 6 aromatic rings. The molecule has 2 amide bonds. The molecule has 0 spiro atoms. The van der Waals surface area contributed by atoms with Gasteiger partial charge < -0.3 is 20.1 Å². The van der Waals surface area contributed by atoms with E-state index in [1.165, 1.54) is 9.13 Å². The number of aromatic nitrogens is 4. The molecule has 0 unspecified atom stereocenters. The average Bonchev–Trinajstić information content (AvgIpc) is 3.81. The van der Waals surface area contributed by atoms with Gasteiger partial charge in [0.15, 0.2) is 0 Å². The summed E-state index contributed by atoms with van der Waals surface area (Å²) < 4.78 is 17.4. The Morgan fingerprint density at radius 2 is 0.900 bits per heavy atom. The maximum Gasteiger partial charge on any atom is 0.333 e. The molecule has 4 heterocycles. The van der Waals surface area contributed by atoms with Crippen molar-refractivity contribution in [3.05, 3.63) is 128 Å². The first-order valence-corrected chi connectivity index (χ1v) is 16.2. The highest BCUT2D eigenvalue weighted by atomic mass is 16.5. The number of nitrogens with zero attached hydrogens (tertiary/aromatic N) is 4. The summed E-state index contributed by atoms with van der Waals surface area (Å²) in [6, 6.07) is 25.4. The first-order valence-electron chi connectivity index (χ1n) is 16.2. The van der Waals surface area contributed by atoms with Crippen LogP contribution in [0.3, 0.4) is 0 Å². The third kappa shape index (κ3) is 4.60. The average molecular weight is 669 g/mol. The normalized spacial score (nSPS) is 14.2. The summed E-state index contributed by atoms with van der Waals surface area (Å²) in [6.45, 7) is 4.89. The van der Waals surface area contributed by atoms with Gasteiger partial charge in [0.2, 0.25) is 0 Å². The number of amides is 2. The molecule has 12 heteroatoms. The molecule has 2 N–H and O–H groups in total. The lowest BCUT2D eigenvalue weighted by Gasteiger charge is -2.09. The quantitative estimate of drug-likeness (QED) is 0.251. The summed E-state index contributed by atoms with van der Waals surface area (Å²) in [5, 5.41) is 5.80. The first kappa shape index (κ1) is 30.8. The van der Waals surface area contributed by atoms with Crippen LogP contribution in [0.2, 0.25) is 0 Å². The van der Waals surface area contributed by atoms with Crippen LogP contribution < -0.4 is 31.5 Å². The molecule has 0 atom stereocenters. The smallest absolute Gasteiger partial charge is 0.333 e. The standard InChI is InChI=1S/C38H32N6O6/c1-5-49-25-13-9-23(10-14-25)43-27-17-7-21(19-29(27)41(3)37(43)47)33-31-32(36(46)39-33)34(40-35(31)45)22-8-18-28-30(20-22)42(4)38(48)44(28)24-11-15-26(16-12-24)50-6-2/h7-20H,5-6H2,1-4H3,(H,39,46)(H,40,45). The van der Waals surface area contributed by atoms with Gasteiger partial charge in [-0.15, -0.1) is 0 Å². The molecule has 0 fully saturated rings. The van der Waals surface area contributed by atoms with Crippen LogP contribution in [-0.2, 0) is 23.7 Å². The van der Waals surface area contributed by atoms with Crippen molar-refractivity contribution in [3.63, 3.8) is 0 Å². The highest BCUT2D eigenvalue weighted by Gasteiger charge is 2.41. The number of ether oxygens (including phenoxy) is 2. The molecule has 50 heavy (non-hydrogen) atoms. The maximum absolute atomic E-state index is 13.5. The predicted molar refractivity (Wildman–Crippen MR) is 189 cm³/mol. The van der Waals surface area contributed by atoms with Gasteiger partial charge in [0, 0.05) is 25.2 Å². The Balaban J connectivity index is 1.20. The highest BCUT2D eigenvalue weighted by molar-refractivity contribution is 6.30. The van der Waals surface area contributed by atoms with Crippen LogP contribution in [0.4, 0.5) is 0 Å². The van der Waals surface area contributed by atoms with Gasteiger partial charge in [-0.1, -0.05) is 12.1 Å². The largest absolute Gasteiger partial charge is 0.494 e. The second kappa shape index (κ2) is 11.5. The zero-order chi connectivity index (χ0) is 34.8. The van der Waals surface area contributed by atoms with E-state index in [4.69, 9.17) is 9.47 Å². The molecule has 0 bridgehead atoms. The van der Waals surface area contributed by atoms with Crippen molar-refractivity contribution in [3.8, 4) is 22.9 Å². The van der Waals surface area contributed by atoms with E-state index in [1.54, 1.807) is 59.6 Å². The van der Waals surface area contributed by atoms with Gasteiger partial charge >= 0.3 is 11.4 Å². The lowest BCUT2D eigenvalue weighted by molar-refractivity contribution is -0.117. The van der Waals surface area contributed by atoms with Crippen LogP contribution in [0.15, 0.2) is 106 Å². The van der Waals surface area contributed by atoms with Crippen LogP contribution >= 0.6 is 0 Å². The van der Waals surface area contributed by atoms with Crippen molar-refractivity contribution in [2.45, 2.75) is 13.8 Å². The summed E-state index contributed by atoms with van der Waals surface area (Å²) in [5.74, 6) is 0.568. The monoisotopic (exact) mass is 668 g/mol. The molecule has 250 valence electrons. The second-order valence-corrected chi connectivity index (χ2v) is 12.0. The fraction of sp³-hybridized carbons (Fsp3) is 0.158. The zero-order valence-electron chi connectivity index (χ0n) is 27.7. The molecule has 0 saturated carbocycles. The van der Waals surface area contributed by atoms with E-state index in [1.807, 2.05) is 62.4 Å². The molecule has 2 aliphatic rings. The van der Waals surface area contributed by atoms with Crippen LogP contribution in [0.1, 0.15) is 25.0 Å². The van der Waals surface area contributed by atoms with Gasteiger partial charge in [-0.25, -0.2) is 9.59 Å². The van der Waals surface area contributed by atoms with Gasteiger partial charge in [0.25, 0.3) is 11.8 Å². The van der Waals surface area contributed by atoms with Crippen LogP contribution in [0.5, 0.6) is 11.5 Å².